The summed E-state index contributed by atoms with van der Waals surface area (Å²) in [6.45, 7) is 2.90. The summed E-state index contributed by atoms with van der Waals surface area (Å²) in [6.07, 6.45) is -2.14. The Hall–Kier alpha value is -0.920. The lowest BCUT2D eigenvalue weighted by Gasteiger charge is -2.19. The Kier molecular flexibility index (Phi) is 3.72. The summed E-state index contributed by atoms with van der Waals surface area (Å²) in [4.78, 5) is 0. The minimum atomic E-state index is -1.28. The van der Waals surface area contributed by atoms with Crippen LogP contribution in [-0.2, 0) is 0 Å². The van der Waals surface area contributed by atoms with E-state index in [1.807, 2.05) is 0 Å². The SMILES string of the molecule is CC(=N)C(C(C)O)C(O)C#N. The minimum absolute atomic E-state index is 0.119. The fourth-order valence-electron chi connectivity index (χ4n) is 0.943. The minimum Gasteiger partial charge on any atom is -0.393 e. The van der Waals surface area contributed by atoms with E-state index in [9.17, 15) is 0 Å². The molecule has 0 aliphatic heterocycles. The molecule has 0 aromatic carbocycles. The highest BCUT2D eigenvalue weighted by molar-refractivity contribution is 5.82. The van der Waals surface area contributed by atoms with Gasteiger partial charge in [0.05, 0.1) is 18.1 Å². The maximum Gasteiger partial charge on any atom is 0.150 e. The smallest absolute Gasteiger partial charge is 0.150 e. The van der Waals surface area contributed by atoms with E-state index in [4.69, 9.17) is 20.9 Å². The summed E-state index contributed by atoms with van der Waals surface area (Å²) in [5.74, 6) is -0.764. The van der Waals surface area contributed by atoms with Crippen LogP contribution < -0.4 is 0 Å². The van der Waals surface area contributed by atoms with Crippen LogP contribution in [0.2, 0.25) is 0 Å². The van der Waals surface area contributed by atoms with Crippen LogP contribution in [0.1, 0.15) is 13.8 Å². The van der Waals surface area contributed by atoms with Crippen LogP contribution in [-0.4, -0.2) is 28.1 Å². The lowest BCUT2D eigenvalue weighted by Crippen LogP contribution is -2.34. The van der Waals surface area contributed by atoms with Crippen molar-refractivity contribution in [1.82, 2.24) is 0 Å². The van der Waals surface area contributed by atoms with Gasteiger partial charge in [0.15, 0.2) is 6.10 Å². The second kappa shape index (κ2) is 4.06. The van der Waals surface area contributed by atoms with E-state index in [0.29, 0.717) is 0 Å². The van der Waals surface area contributed by atoms with Gasteiger partial charge in [-0.05, 0) is 13.8 Å². The molecule has 0 bridgehead atoms. The van der Waals surface area contributed by atoms with Crippen molar-refractivity contribution >= 4 is 5.71 Å². The number of hydrogen-bond acceptors (Lipinski definition) is 4. The molecule has 0 spiro atoms. The molecule has 3 unspecified atom stereocenters. The van der Waals surface area contributed by atoms with Crippen LogP contribution in [0.4, 0.5) is 0 Å². The Balaban J connectivity index is 4.37. The van der Waals surface area contributed by atoms with E-state index >= 15 is 0 Å². The second-order valence-corrected chi connectivity index (χ2v) is 2.52. The Morgan fingerprint density at radius 2 is 2.00 bits per heavy atom. The van der Waals surface area contributed by atoms with Gasteiger partial charge in [0, 0.05) is 5.71 Å². The molecule has 4 nitrogen and oxygen atoms in total. The van der Waals surface area contributed by atoms with Crippen molar-refractivity contribution in [2.75, 3.05) is 0 Å². The number of aliphatic hydroxyl groups is 2. The maximum atomic E-state index is 9.03. The highest BCUT2D eigenvalue weighted by Crippen LogP contribution is 2.10. The normalized spacial score (nSPS) is 18.1. The Labute approximate surface area is 65.6 Å². The summed E-state index contributed by atoms with van der Waals surface area (Å²) in [5, 5.41) is 33.5. The Bertz CT molecular complexity index is 183. The van der Waals surface area contributed by atoms with Gasteiger partial charge in [0.1, 0.15) is 0 Å². The molecule has 0 radical (unpaired) electrons. The molecule has 4 heteroatoms. The number of nitrogens with zero attached hydrogens (tertiary/aromatic N) is 1. The highest BCUT2D eigenvalue weighted by Gasteiger charge is 2.25. The highest BCUT2D eigenvalue weighted by atomic mass is 16.3. The first-order chi connectivity index (χ1) is 5.00. The van der Waals surface area contributed by atoms with Gasteiger partial charge in [-0.1, -0.05) is 0 Å². The molecule has 0 aliphatic rings. The van der Waals surface area contributed by atoms with E-state index in [2.05, 4.69) is 0 Å². The molecule has 0 rings (SSSR count). The van der Waals surface area contributed by atoms with Gasteiger partial charge >= 0.3 is 0 Å². The number of rotatable bonds is 3. The molecule has 3 atom stereocenters. The van der Waals surface area contributed by atoms with E-state index in [0.717, 1.165) is 0 Å². The van der Waals surface area contributed by atoms with Gasteiger partial charge in [0.25, 0.3) is 0 Å². The summed E-state index contributed by atoms with van der Waals surface area (Å²) in [6, 6.07) is 1.58. The first kappa shape index (κ1) is 10.1. The molecule has 0 saturated carbocycles. The van der Waals surface area contributed by atoms with Gasteiger partial charge in [-0.2, -0.15) is 5.26 Å². The third-order valence-corrected chi connectivity index (χ3v) is 1.49. The molecular formula is C7H12N2O2. The molecule has 62 valence electrons. The number of aliphatic hydroxyl groups excluding tert-OH is 2. The standard InChI is InChI=1S/C7H12N2O2/c1-4(9)7(5(2)10)6(11)3-8/h5-7,9-11H,1-2H3. The van der Waals surface area contributed by atoms with Gasteiger partial charge in [-0.3, -0.25) is 0 Å². The number of nitrogens with one attached hydrogen (secondary N) is 1. The maximum absolute atomic E-state index is 9.03. The molecule has 0 aromatic rings. The zero-order valence-corrected chi connectivity index (χ0v) is 6.57. The summed E-state index contributed by atoms with van der Waals surface area (Å²) < 4.78 is 0. The average Bonchev–Trinajstić information content (AvgIpc) is 1.85. The summed E-state index contributed by atoms with van der Waals surface area (Å²) >= 11 is 0. The van der Waals surface area contributed by atoms with Gasteiger partial charge in [-0.15, -0.1) is 0 Å². The quantitative estimate of drug-likeness (QED) is 0.394. The van der Waals surface area contributed by atoms with E-state index in [1.165, 1.54) is 13.8 Å². The molecule has 3 N–H and O–H groups in total. The van der Waals surface area contributed by atoms with Crippen LogP contribution >= 0.6 is 0 Å². The average molecular weight is 156 g/mol. The Morgan fingerprint density at radius 3 is 2.09 bits per heavy atom. The first-order valence-electron chi connectivity index (χ1n) is 3.31. The summed E-state index contributed by atoms with van der Waals surface area (Å²) in [5.41, 5.74) is 0.119. The number of nitriles is 1. The second-order valence-electron chi connectivity index (χ2n) is 2.52. The van der Waals surface area contributed by atoms with Gasteiger partial charge in [-0.25, -0.2) is 0 Å². The molecule has 0 amide bonds. The lowest BCUT2D eigenvalue weighted by atomic mass is 9.93. The van der Waals surface area contributed by atoms with E-state index < -0.39 is 18.1 Å². The van der Waals surface area contributed by atoms with Crippen LogP contribution in [0.5, 0.6) is 0 Å². The molecule has 0 fully saturated rings. The van der Waals surface area contributed by atoms with Crippen LogP contribution in [0.15, 0.2) is 0 Å². The zero-order chi connectivity index (χ0) is 9.02. The predicted molar refractivity (Wildman–Crippen MR) is 40.2 cm³/mol. The molecule has 0 saturated heterocycles. The Morgan fingerprint density at radius 1 is 1.55 bits per heavy atom. The number of hydrogen-bond donors (Lipinski definition) is 3. The van der Waals surface area contributed by atoms with Crippen molar-refractivity contribution in [2.24, 2.45) is 5.92 Å². The first-order valence-corrected chi connectivity index (χ1v) is 3.31. The fraction of sp³-hybridized carbons (Fsp3) is 0.714. The van der Waals surface area contributed by atoms with E-state index in [-0.39, 0.29) is 5.71 Å². The molecular weight excluding hydrogens is 144 g/mol. The third-order valence-electron chi connectivity index (χ3n) is 1.49. The van der Waals surface area contributed by atoms with Gasteiger partial charge in [0.2, 0.25) is 0 Å². The van der Waals surface area contributed by atoms with Crippen molar-refractivity contribution < 1.29 is 10.2 Å². The van der Waals surface area contributed by atoms with Crippen molar-refractivity contribution in [1.29, 1.82) is 10.7 Å². The topological polar surface area (TPSA) is 88.1 Å². The molecule has 11 heavy (non-hydrogen) atoms. The molecule has 0 aromatic heterocycles. The molecule has 0 aliphatic carbocycles. The summed E-state index contributed by atoms with van der Waals surface area (Å²) in [7, 11) is 0. The largest absolute Gasteiger partial charge is 0.393 e. The monoisotopic (exact) mass is 156 g/mol. The van der Waals surface area contributed by atoms with Crippen molar-refractivity contribution in [3.05, 3.63) is 0 Å². The fourth-order valence-corrected chi connectivity index (χ4v) is 0.943. The predicted octanol–water partition coefficient (Wildman–Crippen LogP) is -0.0924. The van der Waals surface area contributed by atoms with Gasteiger partial charge < -0.3 is 15.6 Å². The van der Waals surface area contributed by atoms with E-state index in [1.54, 1.807) is 6.07 Å². The van der Waals surface area contributed by atoms with Crippen molar-refractivity contribution in [3.63, 3.8) is 0 Å². The zero-order valence-electron chi connectivity index (χ0n) is 6.57. The van der Waals surface area contributed by atoms with Crippen LogP contribution in [0, 0.1) is 22.7 Å². The lowest BCUT2D eigenvalue weighted by molar-refractivity contribution is 0.0847. The van der Waals surface area contributed by atoms with Crippen LogP contribution in [0.3, 0.4) is 0 Å². The van der Waals surface area contributed by atoms with Crippen molar-refractivity contribution in [2.45, 2.75) is 26.1 Å². The van der Waals surface area contributed by atoms with Crippen LogP contribution in [0.25, 0.3) is 0 Å². The third kappa shape index (κ3) is 2.66. The van der Waals surface area contributed by atoms with Crippen molar-refractivity contribution in [3.8, 4) is 6.07 Å². The molecule has 0 heterocycles.